The lowest BCUT2D eigenvalue weighted by Gasteiger charge is -2.03. The summed E-state index contributed by atoms with van der Waals surface area (Å²) >= 11 is 3.52. The Balaban J connectivity index is 2.38. The summed E-state index contributed by atoms with van der Waals surface area (Å²) in [6.07, 6.45) is 2.46. The van der Waals surface area contributed by atoms with Gasteiger partial charge in [-0.3, -0.25) is 0 Å². The first-order chi connectivity index (χ1) is 6.81. The second kappa shape index (κ2) is 4.11. The highest BCUT2D eigenvalue weighted by atomic mass is 79.9. The zero-order valence-corrected chi connectivity index (χ0v) is 9.47. The van der Waals surface area contributed by atoms with Crippen molar-refractivity contribution in [3.8, 4) is 0 Å². The predicted octanol–water partition coefficient (Wildman–Crippen LogP) is 2.35. The highest BCUT2D eigenvalue weighted by molar-refractivity contribution is 9.10. The first-order valence-corrected chi connectivity index (χ1v) is 5.27. The molecule has 0 amide bonds. The summed E-state index contributed by atoms with van der Waals surface area (Å²) < 4.78 is 6.28. The second-order valence-electron chi connectivity index (χ2n) is 3.12. The summed E-state index contributed by atoms with van der Waals surface area (Å²) in [5, 5.41) is 3.12. The lowest BCUT2D eigenvalue weighted by molar-refractivity contribution is 0.602. The molecule has 4 heteroatoms. The summed E-state index contributed by atoms with van der Waals surface area (Å²) in [7, 11) is 1.95. The molecule has 14 heavy (non-hydrogen) atoms. The van der Waals surface area contributed by atoms with Crippen molar-refractivity contribution in [2.75, 3.05) is 13.6 Å². The van der Waals surface area contributed by atoms with Gasteiger partial charge in [0.15, 0.2) is 12.0 Å². The Hall–Kier alpha value is -0.870. The van der Waals surface area contributed by atoms with Crippen molar-refractivity contribution in [1.82, 2.24) is 10.3 Å². The van der Waals surface area contributed by atoms with Gasteiger partial charge in [-0.25, -0.2) is 4.98 Å². The summed E-state index contributed by atoms with van der Waals surface area (Å²) in [6, 6.07) is 4.02. The molecule has 0 radical (unpaired) electrons. The number of nitrogens with zero attached hydrogens (tertiary/aromatic N) is 1. The number of oxazole rings is 1. The predicted molar refractivity (Wildman–Crippen MR) is 59.3 cm³/mol. The number of rotatable bonds is 3. The van der Waals surface area contributed by atoms with Crippen LogP contribution < -0.4 is 5.32 Å². The smallest absolute Gasteiger partial charge is 0.181 e. The summed E-state index contributed by atoms with van der Waals surface area (Å²) in [5.41, 5.74) is 2.99. The lowest BCUT2D eigenvalue weighted by Crippen LogP contribution is -2.10. The third-order valence-corrected chi connectivity index (χ3v) is 2.88. The Morgan fingerprint density at radius 1 is 1.50 bits per heavy atom. The van der Waals surface area contributed by atoms with Gasteiger partial charge < -0.3 is 9.73 Å². The number of hydrogen-bond donors (Lipinski definition) is 1. The first kappa shape index (κ1) is 9.68. The largest absolute Gasteiger partial charge is 0.443 e. The van der Waals surface area contributed by atoms with Gasteiger partial charge in [-0.15, -0.1) is 0 Å². The van der Waals surface area contributed by atoms with Gasteiger partial charge in [-0.05, 0) is 37.7 Å². The summed E-state index contributed by atoms with van der Waals surface area (Å²) in [6.45, 7) is 0.960. The molecule has 1 heterocycles. The Labute approximate surface area is 90.6 Å². The minimum absolute atomic E-state index is 0.824. The van der Waals surface area contributed by atoms with Crippen LogP contribution in [0.15, 0.2) is 27.4 Å². The van der Waals surface area contributed by atoms with Gasteiger partial charge in [-0.1, -0.05) is 15.9 Å². The molecule has 1 N–H and O–H groups in total. The van der Waals surface area contributed by atoms with E-state index in [0.717, 1.165) is 28.5 Å². The standard InChI is InChI=1S/C10H11BrN2O/c1-12-3-2-7-4-9-10(5-8(7)11)14-6-13-9/h4-6,12H,2-3H2,1H3. The van der Waals surface area contributed by atoms with Crippen LogP contribution in [0.4, 0.5) is 0 Å². The van der Waals surface area contributed by atoms with Crippen molar-refractivity contribution < 1.29 is 4.42 Å². The molecule has 1 aromatic heterocycles. The molecule has 0 fully saturated rings. The van der Waals surface area contributed by atoms with Crippen LogP contribution in [0.3, 0.4) is 0 Å². The van der Waals surface area contributed by atoms with Crippen LogP contribution in [0.2, 0.25) is 0 Å². The Morgan fingerprint density at radius 3 is 3.14 bits per heavy atom. The van der Waals surface area contributed by atoms with E-state index in [9.17, 15) is 0 Å². The third kappa shape index (κ3) is 1.81. The maximum absolute atomic E-state index is 5.20. The van der Waals surface area contributed by atoms with Crippen molar-refractivity contribution in [2.24, 2.45) is 0 Å². The zero-order valence-electron chi connectivity index (χ0n) is 7.88. The number of aromatic nitrogens is 1. The van der Waals surface area contributed by atoms with Crippen molar-refractivity contribution in [3.05, 3.63) is 28.6 Å². The number of likely N-dealkylation sites (N-methyl/N-ethyl adjacent to an activating group) is 1. The molecule has 2 aromatic rings. The number of hydrogen-bond acceptors (Lipinski definition) is 3. The van der Waals surface area contributed by atoms with Gasteiger partial charge in [0.25, 0.3) is 0 Å². The molecule has 3 nitrogen and oxygen atoms in total. The average Bonchev–Trinajstić information content (AvgIpc) is 2.61. The van der Waals surface area contributed by atoms with E-state index < -0.39 is 0 Å². The number of fused-ring (bicyclic) bond motifs is 1. The maximum Gasteiger partial charge on any atom is 0.181 e. The molecule has 74 valence electrons. The van der Waals surface area contributed by atoms with Crippen LogP contribution in [-0.2, 0) is 6.42 Å². The SMILES string of the molecule is CNCCc1cc2ncoc2cc1Br. The minimum atomic E-state index is 0.824. The average molecular weight is 255 g/mol. The molecule has 0 bridgehead atoms. The molecule has 2 rings (SSSR count). The van der Waals surface area contributed by atoms with E-state index in [1.54, 1.807) is 0 Å². The molecule has 0 saturated carbocycles. The molecule has 0 unspecified atom stereocenters. The molecule has 0 aliphatic carbocycles. The number of halogens is 1. The molecule has 1 aromatic carbocycles. The van der Waals surface area contributed by atoms with Crippen molar-refractivity contribution >= 4 is 27.0 Å². The molecule has 0 aliphatic rings. The molecule has 0 aliphatic heterocycles. The Bertz CT molecular complexity index is 439. The van der Waals surface area contributed by atoms with Gasteiger partial charge >= 0.3 is 0 Å². The van der Waals surface area contributed by atoms with Gasteiger partial charge in [0, 0.05) is 4.47 Å². The van der Waals surface area contributed by atoms with Crippen LogP contribution >= 0.6 is 15.9 Å². The number of benzene rings is 1. The first-order valence-electron chi connectivity index (χ1n) is 4.47. The highest BCUT2D eigenvalue weighted by Gasteiger charge is 2.05. The third-order valence-electron chi connectivity index (χ3n) is 2.14. The van der Waals surface area contributed by atoms with Gasteiger partial charge in [0.2, 0.25) is 0 Å². The molecular formula is C10H11BrN2O. The van der Waals surface area contributed by atoms with Crippen molar-refractivity contribution in [1.29, 1.82) is 0 Å². The van der Waals surface area contributed by atoms with Gasteiger partial charge in [0.05, 0.1) is 0 Å². The topological polar surface area (TPSA) is 38.1 Å². The van der Waals surface area contributed by atoms with E-state index in [2.05, 4.69) is 32.3 Å². The summed E-state index contributed by atoms with van der Waals surface area (Å²) in [4.78, 5) is 4.12. The minimum Gasteiger partial charge on any atom is -0.443 e. The normalized spacial score (nSPS) is 11.0. The second-order valence-corrected chi connectivity index (χ2v) is 3.97. The number of nitrogens with one attached hydrogen (secondary N) is 1. The van der Waals surface area contributed by atoms with Crippen LogP contribution in [0, 0.1) is 0 Å². The summed E-state index contributed by atoms with van der Waals surface area (Å²) in [5.74, 6) is 0. The van der Waals surface area contributed by atoms with E-state index in [1.807, 2.05) is 13.1 Å². The van der Waals surface area contributed by atoms with Crippen LogP contribution in [0.25, 0.3) is 11.1 Å². The van der Waals surface area contributed by atoms with E-state index >= 15 is 0 Å². The monoisotopic (exact) mass is 254 g/mol. The molecular weight excluding hydrogens is 244 g/mol. The Morgan fingerprint density at radius 2 is 2.36 bits per heavy atom. The quantitative estimate of drug-likeness (QED) is 0.914. The van der Waals surface area contributed by atoms with Gasteiger partial charge in [-0.2, -0.15) is 0 Å². The van der Waals surface area contributed by atoms with Crippen LogP contribution in [0.5, 0.6) is 0 Å². The van der Waals surface area contributed by atoms with E-state index in [1.165, 1.54) is 12.0 Å². The molecule has 0 saturated heterocycles. The van der Waals surface area contributed by atoms with E-state index in [4.69, 9.17) is 4.42 Å². The Kier molecular flexibility index (Phi) is 2.84. The highest BCUT2D eigenvalue weighted by Crippen LogP contribution is 2.23. The fourth-order valence-corrected chi connectivity index (χ4v) is 1.89. The molecule has 0 atom stereocenters. The zero-order chi connectivity index (χ0) is 9.97. The lowest BCUT2D eigenvalue weighted by atomic mass is 10.1. The van der Waals surface area contributed by atoms with Crippen LogP contribution in [0.1, 0.15) is 5.56 Å². The van der Waals surface area contributed by atoms with Crippen molar-refractivity contribution in [2.45, 2.75) is 6.42 Å². The van der Waals surface area contributed by atoms with Gasteiger partial charge in [0.1, 0.15) is 5.52 Å². The van der Waals surface area contributed by atoms with Crippen molar-refractivity contribution in [3.63, 3.8) is 0 Å². The molecule has 0 spiro atoms. The fraction of sp³-hybridized carbons (Fsp3) is 0.300. The fourth-order valence-electron chi connectivity index (χ4n) is 1.37. The van der Waals surface area contributed by atoms with E-state index in [0.29, 0.717) is 0 Å². The van der Waals surface area contributed by atoms with E-state index in [-0.39, 0.29) is 0 Å². The van der Waals surface area contributed by atoms with Crippen LogP contribution in [-0.4, -0.2) is 18.6 Å². The maximum atomic E-state index is 5.20.